The summed E-state index contributed by atoms with van der Waals surface area (Å²) in [5, 5.41) is 17.3. The maximum atomic E-state index is 12.1. The van der Waals surface area contributed by atoms with Crippen molar-refractivity contribution < 1.29 is 14.5 Å². The third-order valence-corrected chi connectivity index (χ3v) is 3.95. The predicted molar refractivity (Wildman–Crippen MR) is 89.0 cm³/mol. The summed E-state index contributed by atoms with van der Waals surface area (Å²) in [5.41, 5.74) is 1.21. The van der Waals surface area contributed by atoms with Gasteiger partial charge in [0.05, 0.1) is 23.6 Å². The van der Waals surface area contributed by atoms with Gasteiger partial charge in [-0.25, -0.2) is 4.79 Å². The molecule has 7 nitrogen and oxygen atoms in total. The van der Waals surface area contributed by atoms with Gasteiger partial charge in [0.15, 0.2) is 5.11 Å². The van der Waals surface area contributed by atoms with E-state index >= 15 is 0 Å². The molecule has 9 heteroatoms. The van der Waals surface area contributed by atoms with Crippen molar-refractivity contribution in [3.05, 3.63) is 50.2 Å². The molecule has 0 saturated carbocycles. The maximum absolute atomic E-state index is 12.1. The van der Waals surface area contributed by atoms with Crippen LogP contribution in [0.1, 0.15) is 24.9 Å². The summed E-state index contributed by atoms with van der Waals surface area (Å²) in [6, 6.07) is 3.70. The Bertz CT molecular complexity index is 720. The van der Waals surface area contributed by atoms with E-state index in [1.165, 1.54) is 19.2 Å². The van der Waals surface area contributed by atoms with Gasteiger partial charge in [0.2, 0.25) is 0 Å². The van der Waals surface area contributed by atoms with Gasteiger partial charge in [-0.15, -0.1) is 0 Å². The molecule has 122 valence electrons. The number of ether oxygens (including phenoxy) is 1. The first-order valence-electron chi connectivity index (χ1n) is 6.71. The molecule has 2 rings (SSSR count). The zero-order valence-electron chi connectivity index (χ0n) is 12.4. The van der Waals surface area contributed by atoms with Gasteiger partial charge in [0, 0.05) is 11.8 Å². The van der Waals surface area contributed by atoms with E-state index in [0.717, 1.165) is 0 Å². The number of carbonyl (C=O) groups is 1. The molecule has 0 aromatic heterocycles. The summed E-state index contributed by atoms with van der Waals surface area (Å²) in [7, 11) is 1.27. The first-order valence-corrected chi connectivity index (χ1v) is 7.50. The zero-order valence-corrected chi connectivity index (χ0v) is 14.0. The number of halogens is 1. The van der Waals surface area contributed by atoms with Crippen LogP contribution in [0, 0.1) is 10.1 Å². The Morgan fingerprint density at radius 2 is 2.22 bits per heavy atom. The van der Waals surface area contributed by atoms with Gasteiger partial charge in [-0.3, -0.25) is 10.1 Å². The highest BCUT2D eigenvalue weighted by molar-refractivity contribution is 7.80. The normalized spacial score (nSPS) is 17.3. The molecule has 1 aromatic rings. The minimum Gasteiger partial charge on any atom is -0.466 e. The topological polar surface area (TPSA) is 93.5 Å². The number of carbonyl (C=O) groups excluding carboxylic acids is 1. The fourth-order valence-electron chi connectivity index (χ4n) is 2.35. The molecule has 0 saturated heterocycles. The van der Waals surface area contributed by atoms with E-state index in [-0.39, 0.29) is 10.7 Å². The number of nitro groups is 1. The van der Waals surface area contributed by atoms with Gasteiger partial charge in [0.1, 0.15) is 5.02 Å². The molecule has 1 aromatic carbocycles. The molecule has 1 aliphatic heterocycles. The molecule has 1 atom stereocenters. The summed E-state index contributed by atoms with van der Waals surface area (Å²) in [6.45, 7) is 1.86. The Kier molecular flexibility index (Phi) is 5.17. The van der Waals surface area contributed by atoms with Crippen LogP contribution >= 0.6 is 23.8 Å². The first-order chi connectivity index (χ1) is 10.9. The monoisotopic (exact) mass is 355 g/mol. The molecular weight excluding hydrogens is 342 g/mol. The molecule has 2 N–H and O–H groups in total. The van der Waals surface area contributed by atoms with Gasteiger partial charge in [0.25, 0.3) is 5.69 Å². The standard InChI is InChI=1S/C14H14ClN3O4S/c1-3-9-11(13(19)22-2)12(17-14(23)16-9)7-4-5-8(15)10(6-7)18(20)21/h4-6,12H,3H2,1-2H3,(H2,16,17,23)/t12-/m0/s1. The number of rotatable bonds is 4. The number of nitro benzene ring substituents is 1. The van der Waals surface area contributed by atoms with Crippen molar-refractivity contribution in [1.29, 1.82) is 0 Å². The second-order valence-electron chi connectivity index (χ2n) is 4.74. The lowest BCUT2D eigenvalue weighted by Gasteiger charge is -2.30. The Hall–Kier alpha value is -2.19. The molecule has 0 aliphatic carbocycles. The highest BCUT2D eigenvalue weighted by Gasteiger charge is 2.32. The van der Waals surface area contributed by atoms with Crippen molar-refractivity contribution in [1.82, 2.24) is 10.6 Å². The van der Waals surface area contributed by atoms with E-state index < -0.39 is 16.9 Å². The fourth-order valence-corrected chi connectivity index (χ4v) is 2.77. The van der Waals surface area contributed by atoms with Crippen LogP contribution in [0.4, 0.5) is 5.69 Å². The Balaban J connectivity index is 2.59. The summed E-state index contributed by atoms with van der Waals surface area (Å²) in [4.78, 5) is 22.6. The molecule has 0 amide bonds. The lowest BCUT2D eigenvalue weighted by Crippen LogP contribution is -2.45. The van der Waals surface area contributed by atoms with E-state index in [0.29, 0.717) is 28.4 Å². The van der Waals surface area contributed by atoms with Crippen LogP contribution in [0.3, 0.4) is 0 Å². The predicted octanol–water partition coefficient (Wildman–Crippen LogP) is 2.60. The number of nitrogens with one attached hydrogen (secondary N) is 2. The van der Waals surface area contributed by atoms with Crippen molar-refractivity contribution in [3.63, 3.8) is 0 Å². The Morgan fingerprint density at radius 1 is 1.52 bits per heavy atom. The van der Waals surface area contributed by atoms with Crippen LogP contribution < -0.4 is 10.6 Å². The van der Waals surface area contributed by atoms with E-state index in [4.69, 9.17) is 28.6 Å². The van der Waals surface area contributed by atoms with E-state index in [1.807, 2.05) is 6.92 Å². The van der Waals surface area contributed by atoms with E-state index in [2.05, 4.69) is 10.6 Å². The average Bonchev–Trinajstić information content (AvgIpc) is 2.53. The fraction of sp³-hybridized carbons (Fsp3) is 0.286. The van der Waals surface area contributed by atoms with Crippen LogP contribution in [-0.4, -0.2) is 23.1 Å². The molecular formula is C14H14ClN3O4S. The second kappa shape index (κ2) is 6.93. The second-order valence-corrected chi connectivity index (χ2v) is 5.55. The van der Waals surface area contributed by atoms with Crippen LogP contribution in [0.25, 0.3) is 0 Å². The number of nitrogens with zero attached hydrogens (tertiary/aromatic N) is 1. The number of thiocarbonyl (C=S) groups is 1. The molecule has 0 unspecified atom stereocenters. The minimum absolute atomic E-state index is 0.0228. The van der Waals surface area contributed by atoms with Gasteiger partial charge < -0.3 is 15.4 Å². The largest absolute Gasteiger partial charge is 0.466 e. The van der Waals surface area contributed by atoms with Crippen molar-refractivity contribution >= 4 is 40.6 Å². The molecule has 0 radical (unpaired) electrons. The number of hydrogen-bond acceptors (Lipinski definition) is 5. The zero-order chi connectivity index (χ0) is 17.1. The number of allylic oxidation sites excluding steroid dienone is 1. The molecule has 0 spiro atoms. The highest BCUT2D eigenvalue weighted by atomic mass is 35.5. The molecule has 1 aliphatic rings. The van der Waals surface area contributed by atoms with E-state index in [1.54, 1.807) is 6.07 Å². The van der Waals surface area contributed by atoms with E-state index in [9.17, 15) is 14.9 Å². The number of esters is 1. The Labute approximate surface area is 142 Å². The van der Waals surface area contributed by atoms with Gasteiger partial charge in [-0.05, 0) is 30.3 Å². The third kappa shape index (κ3) is 3.43. The van der Waals surface area contributed by atoms with Crippen LogP contribution in [0.15, 0.2) is 29.5 Å². The Morgan fingerprint density at radius 3 is 2.78 bits per heavy atom. The summed E-state index contributed by atoms with van der Waals surface area (Å²) >= 11 is 11.0. The highest BCUT2D eigenvalue weighted by Crippen LogP contribution is 2.33. The van der Waals surface area contributed by atoms with Gasteiger partial charge >= 0.3 is 5.97 Å². The summed E-state index contributed by atoms with van der Waals surface area (Å²) in [5.74, 6) is -0.535. The van der Waals surface area contributed by atoms with Crippen molar-refractivity contribution in [2.24, 2.45) is 0 Å². The summed E-state index contributed by atoms with van der Waals surface area (Å²) in [6.07, 6.45) is 0.526. The molecule has 0 bridgehead atoms. The lowest BCUT2D eigenvalue weighted by molar-refractivity contribution is -0.384. The summed E-state index contributed by atoms with van der Waals surface area (Å²) < 4.78 is 4.83. The first kappa shape index (κ1) is 17.2. The maximum Gasteiger partial charge on any atom is 0.337 e. The molecule has 0 fully saturated rings. The van der Waals surface area contributed by atoms with Crippen LogP contribution in [-0.2, 0) is 9.53 Å². The van der Waals surface area contributed by atoms with Crippen LogP contribution in [0.2, 0.25) is 5.02 Å². The number of benzene rings is 1. The molecule has 23 heavy (non-hydrogen) atoms. The van der Waals surface area contributed by atoms with Crippen molar-refractivity contribution in [2.75, 3.05) is 7.11 Å². The van der Waals surface area contributed by atoms with Crippen molar-refractivity contribution in [3.8, 4) is 0 Å². The van der Waals surface area contributed by atoms with Gasteiger partial charge in [-0.1, -0.05) is 24.6 Å². The van der Waals surface area contributed by atoms with Crippen LogP contribution in [0.5, 0.6) is 0 Å². The quantitative estimate of drug-likeness (QED) is 0.371. The lowest BCUT2D eigenvalue weighted by atomic mass is 9.94. The van der Waals surface area contributed by atoms with Crippen molar-refractivity contribution in [2.45, 2.75) is 19.4 Å². The smallest absolute Gasteiger partial charge is 0.337 e. The number of hydrogen-bond donors (Lipinski definition) is 2. The average molecular weight is 356 g/mol. The minimum atomic E-state index is -0.651. The SMILES string of the molecule is CCC1=C(C(=O)OC)[C@H](c2ccc(Cl)c([N+](=O)[O-])c2)NC(=S)N1. The number of methoxy groups -OCH3 is 1. The third-order valence-electron chi connectivity index (χ3n) is 3.41. The van der Waals surface area contributed by atoms with Gasteiger partial charge in [-0.2, -0.15) is 0 Å². The molecule has 1 heterocycles.